The number of aromatic nitrogens is 2. The summed E-state index contributed by atoms with van der Waals surface area (Å²) in [5.41, 5.74) is 1.72. The minimum Gasteiger partial charge on any atom is -0.506 e. The molecule has 0 saturated heterocycles. The van der Waals surface area contributed by atoms with E-state index in [2.05, 4.69) is 24.0 Å². The van der Waals surface area contributed by atoms with Crippen molar-refractivity contribution in [2.24, 2.45) is 0 Å². The van der Waals surface area contributed by atoms with Crippen LogP contribution in [0, 0.1) is 0 Å². The first-order valence-corrected chi connectivity index (χ1v) is 9.03. The number of para-hydroxylation sites is 1. The summed E-state index contributed by atoms with van der Waals surface area (Å²) in [7, 11) is 0. The Kier molecular flexibility index (Phi) is 5.36. The molecule has 134 valence electrons. The smallest absolute Gasteiger partial charge is 0.227 e. The Morgan fingerprint density at radius 2 is 2.24 bits per heavy atom. The van der Waals surface area contributed by atoms with Gasteiger partial charge in [-0.2, -0.15) is 4.98 Å². The lowest BCUT2D eigenvalue weighted by molar-refractivity contribution is -0.118. The van der Waals surface area contributed by atoms with E-state index in [-0.39, 0.29) is 11.7 Å². The van der Waals surface area contributed by atoms with E-state index in [0.29, 0.717) is 43.3 Å². The average Bonchev–Trinajstić information content (AvgIpc) is 3.04. The third-order valence-electron chi connectivity index (χ3n) is 4.70. The first-order valence-electron chi connectivity index (χ1n) is 9.03. The fourth-order valence-corrected chi connectivity index (χ4v) is 3.32. The average molecular weight is 343 g/mol. The normalized spacial score (nSPS) is 16.7. The molecule has 1 N–H and O–H groups in total. The number of carbonyl (C=O) groups is 1. The Balaban J connectivity index is 1.61. The van der Waals surface area contributed by atoms with Gasteiger partial charge in [-0.1, -0.05) is 31.1 Å². The van der Waals surface area contributed by atoms with Crippen molar-refractivity contribution >= 4 is 11.6 Å². The van der Waals surface area contributed by atoms with Gasteiger partial charge in [-0.05, 0) is 36.8 Å². The van der Waals surface area contributed by atoms with Crippen molar-refractivity contribution in [3.8, 4) is 5.75 Å². The van der Waals surface area contributed by atoms with Crippen molar-refractivity contribution in [1.29, 1.82) is 0 Å². The van der Waals surface area contributed by atoms with Gasteiger partial charge >= 0.3 is 0 Å². The van der Waals surface area contributed by atoms with Crippen molar-refractivity contribution in [2.75, 3.05) is 11.4 Å². The summed E-state index contributed by atoms with van der Waals surface area (Å²) in [5.74, 6) is 1.88. The topological polar surface area (TPSA) is 79.5 Å². The second-order valence-corrected chi connectivity index (χ2v) is 6.66. The predicted octanol–water partition coefficient (Wildman–Crippen LogP) is 3.59. The van der Waals surface area contributed by atoms with Crippen molar-refractivity contribution in [2.45, 2.75) is 58.3 Å². The number of aromatic hydroxyl groups is 1. The highest BCUT2D eigenvalue weighted by atomic mass is 16.5. The second kappa shape index (κ2) is 7.68. The summed E-state index contributed by atoms with van der Waals surface area (Å²) in [5, 5.41) is 14.2. The fraction of sp³-hybridized carbons (Fsp3) is 0.526. The molecule has 6 nitrogen and oxygen atoms in total. The molecule has 2 aromatic rings. The van der Waals surface area contributed by atoms with Crippen molar-refractivity contribution in [3.05, 3.63) is 35.5 Å². The zero-order valence-corrected chi connectivity index (χ0v) is 14.9. The van der Waals surface area contributed by atoms with Gasteiger partial charge < -0.3 is 14.5 Å². The molecule has 0 spiro atoms. The maximum atomic E-state index is 12.7. The third-order valence-corrected chi connectivity index (χ3v) is 4.70. The van der Waals surface area contributed by atoms with Crippen molar-refractivity contribution in [1.82, 2.24) is 10.1 Å². The number of fused-ring (bicyclic) bond motifs is 1. The molecule has 0 bridgehead atoms. The van der Waals surface area contributed by atoms with Gasteiger partial charge in [0.2, 0.25) is 11.8 Å². The van der Waals surface area contributed by atoms with Crippen LogP contribution in [-0.4, -0.2) is 27.7 Å². The summed E-state index contributed by atoms with van der Waals surface area (Å²) in [6.45, 7) is 4.84. The van der Waals surface area contributed by atoms with Gasteiger partial charge in [0.05, 0.1) is 5.69 Å². The highest BCUT2D eigenvalue weighted by molar-refractivity contribution is 5.96. The lowest BCUT2D eigenvalue weighted by Crippen LogP contribution is -2.36. The summed E-state index contributed by atoms with van der Waals surface area (Å²) in [6, 6.07) is 5.47. The molecule has 25 heavy (non-hydrogen) atoms. The lowest BCUT2D eigenvalue weighted by atomic mass is 9.91. The standard InChI is InChI=1S/C19H25N3O3/c1-3-6-16-20-17(25-21-16)9-5-10-18(24)22-12-11-13(2)14-7-4-8-15(23)19(14)22/h4,7-8,13,23H,3,5-6,9-12H2,1-2H3. The Labute approximate surface area is 147 Å². The quantitative estimate of drug-likeness (QED) is 0.867. The van der Waals surface area contributed by atoms with Crippen LogP contribution in [0.2, 0.25) is 0 Å². The van der Waals surface area contributed by atoms with E-state index >= 15 is 0 Å². The van der Waals surface area contributed by atoms with Crippen molar-refractivity contribution in [3.63, 3.8) is 0 Å². The van der Waals surface area contributed by atoms with E-state index in [4.69, 9.17) is 4.52 Å². The van der Waals surface area contributed by atoms with Crippen LogP contribution in [0.1, 0.15) is 62.7 Å². The number of benzene rings is 1. The van der Waals surface area contributed by atoms with Crippen LogP contribution in [-0.2, 0) is 17.6 Å². The van der Waals surface area contributed by atoms with Crippen LogP contribution in [0.5, 0.6) is 5.75 Å². The molecule has 1 unspecified atom stereocenters. The molecule has 3 rings (SSSR count). The van der Waals surface area contributed by atoms with Crippen LogP contribution in [0.25, 0.3) is 0 Å². The molecule has 0 saturated carbocycles. The number of nitrogens with zero attached hydrogens (tertiary/aromatic N) is 3. The maximum Gasteiger partial charge on any atom is 0.227 e. The number of anilines is 1. The van der Waals surface area contributed by atoms with Gasteiger partial charge in [-0.3, -0.25) is 4.79 Å². The lowest BCUT2D eigenvalue weighted by Gasteiger charge is -2.33. The second-order valence-electron chi connectivity index (χ2n) is 6.66. The van der Waals surface area contributed by atoms with E-state index in [9.17, 15) is 9.90 Å². The zero-order chi connectivity index (χ0) is 17.8. The van der Waals surface area contributed by atoms with E-state index in [1.165, 1.54) is 0 Å². The highest BCUT2D eigenvalue weighted by Gasteiger charge is 2.28. The first kappa shape index (κ1) is 17.5. The summed E-state index contributed by atoms with van der Waals surface area (Å²) in [6.07, 6.45) is 4.35. The van der Waals surface area contributed by atoms with Crippen LogP contribution >= 0.6 is 0 Å². The molecule has 1 amide bonds. The Bertz CT molecular complexity index is 741. The number of hydrogen-bond acceptors (Lipinski definition) is 5. The molecule has 0 aliphatic carbocycles. The number of phenols is 1. The maximum absolute atomic E-state index is 12.7. The molecule has 1 atom stereocenters. The minimum absolute atomic E-state index is 0.0305. The summed E-state index contributed by atoms with van der Waals surface area (Å²) in [4.78, 5) is 18.7. The predicted molar refractivity (Wildman–Crippen MR) is 94.7 cm³/mol. The van der Waals surface area contributed by atoms with Crippen LogP contribution in [0.4, 0.5) is 5.69 Å². The molecule has 6 heteroatoms. The molecule has 1 aliphatic rings. The monoisotopic (exact) mass is 343 g/mol. The van der Waals surface area contributed by atoms with E-state index < -0.39 is 0 Å². The Morgan fingerprint density at radius 3 is 3.04 bits per heavy atom. The van der Waals surface area contributed by atoms with Crippen LogP contribution in [0.15, 0.2) is 22.7 Å². The molecule has 1 aromatic heterocycles. The van der Waals surface area contributed by atoms with Gasteiger partial charge in [0.1, 0.15) is 5.75 Å². The number of aryl methyl sites for hydroxylation is 2. The molecule has 0 radical (unpaired) electrons. The van der Waals surface area contributed by atoms with Gasteiger partial charge in [-0.15, -0.1) is 0 Å². The van der Waals surface area contributed by atoms with Gasteiger partial charge in [0.25, 0.3) is 0 Å². The number of phenolic OH excluding ortho intramolecular Hbond substituents is 1. The third kappa shape index (κ3) is 3.83. The minimum atomic E-state index is 0.0305. The molecule has 1 aromatic carbocycles. The summed E-state index contributed by atoms with van der Waals surface area (Å²) < 4.78 is 5.21. The number of hydrogen-bond donors (Lipinski definition) is 1. The van der Waals surface area contributed by atoms with E-state index in [1.807, 2.05) is 12.1 Å². The summed E-state index contributed by atoms with van der Waals surface area (Å²) >= 11 is 0. The van der Waals surface area contributed by atoms with E-state index in [0.717, 1.165) is 30.7 Å². The zero-order valence-electron chi connectivity index (χ0n) is 14.9. The van der Waals surface area contributed by atoms with Crippen LogP contribution in [0.3, 0.4) is 0 Å². The molecule has 2 heterocycles. The number of amides is 1. The molecular weight excluding hydrogens is 318 g/mol. The molecule has 1 aliphatic heterocycles. The molecular formula is C19H25N3O3. The Hall–Kier alpha value is -2.37. The fourth-order valence-electron chi connectivity index (χ4n) is 3.32. The van der Waals surface area contributed by atoms with Gasteiger partial charge in [-0.25, -0.2) is 0 Å². The highest BCUT2D eigenvalue weighted by Crippen LogP contribution is 2.41. The molecule has 0 fully saturated rings. The van der Waals surface area contributed by atoms with Crippen LogP contribution < -0.4 is 4.90 Å². The Morgan fingerprint density at radius 1 is 1.40 bits per heavy atom. The van der Waals surface area contributed by atoms with Crippen molar-refractivity contribution < 1.29 is 14.4 Å². The largest absolute Gasteiger partial charge is 0.506 e. The first-order chi connectivity index (χ1) is 12.1. The van der Waals surface area contributed by atoms with Gasteiger partial charge in [0.15, 0.2) is 5.82 Å². The number of rotatable bonds is 6. The SMILES string of the molecule is CCCc1noc(CCCC(=O)N2CCC(C)c3cccc(O)c32)n1. The van der Waals surface area contributed by atoms with E-state index in [1.54, 1.807) is 11.0 Å². The van der Waals surface area contributed by atoms with Gasteiger partial charge in [0, 0.05) is 25.8 Å². The number of carbonyl (C=O) groups excluding carboxylic acids is 1.